The highest BCUT2D eigenvalue weighted by Crippen LogP contribution is 2.43. The first-order valence-electron chi connectivity index (χ1n) is 9.71. The Kier molecular flexibility index (Phi) is 4.55. The monoisotopic (exact) mass is 431 g/mol. The Balaban J connectivity index is 1.78. The molecule has 0 saturated carbocycles. The van der Waals surface area contributed by atoms with Gasteiger partial charge >= 0.3 is 0 Å². The Morgan fingerprint density at radius 3 is 2.56 bits per heavy atom. The molecule has 2 heterocycles. The Morgan fingerprint density at radius 1 is 1.00 bits per heavy atom. The zero-order valence-electron chi connectivity index (χ0n) is 16.4. The van der Waals surface area contributed by atoms with Crippen molar-refractivity contribution in [3.8, 4) is 0 Å². The van der Waals surface area contributed by atoms with E-state index in [-0.39, 0.29) is 22.4 Å². The maximum atomic E-state index is 14.9. The second-order valence-electron chi connectivity index (χ2n) is 7.28. The quantitative estimate of drug-likeness (QED) is 0.285. The molecular formula is C24H15F2N3O3. The van der Waals surface area contributed by atoms with Crippen molar-refractivity contribution in [1.29, 1.82) is 0 Å². The fraction of sp³-hybridized carbons (Fsp3) is 0.0417. The molecule has 4 aromatic rings. The normalized spacial score (nSPS) is 17.9. The summed E-state index contributed by atoms with van der Waals surface area (Å²) in [7, 11) is 0. The van der Waals surface area contributed by atoms with E-state index in [2.05, 4.69) is 9.97 Å². The van der Waals surface area contributed by atoms with Crippen LogP contribution in [0.3, 0.4) is 0 Å². The maximum Gasteiger partial charge on any atom is 0.300 e. The van der Waals surface area contributed by atoms with Crippen molar-refractivity contribution in [2.24, 2.45) is 0 Å². The van der Waals surface area contributed by atoms with Gasteiger partial charge in [0.2, 0.25) is 0 Å². The zero-order chi connectivity index (χ0) is 22.4. The minimum Gasteiger partial charge on any atom is -0.507 e. The van der Waals surface area contributed by atoms with Gasteiger partial charge < -0.3 is 10.1 Å². The van der Waals surface area contributed by atoms with Crippen LogP contribution in [0.1, 0.15) is 17.2 Å². The molecule has 1 aromatic heterocycles. The summed E-state index contributed by atoms with van der Waals surface area (Å²) in [4.78, 5) is 34.2. The lowest BCUT2D eigenvalue weighted by molar-refractivity contribution is -0.132. The molecular weight excluding hydrogens is 416 g/mol. The van der Waals surface area contributed by atoms with Crippen LogP contribution in [0.5, 0.6) is 0 Å². The summed E-state index contributed by atoms with van der Waals surface area (Å²) in [5, 5.41) is 11.0. The molecule has 8 heteroatoms. The van der Waals surface area contributed by atoms with Crippen molar-refractivity contribution >= 4 is 34.2 Å². The Bertz CT molecular complexity index is 1410. The molecule has 0 spiro atoms. The van der Waals surface area contributed by atoms with E-state index >= 15 is 0 Å². The van der Waals surface area contributed by atoms with E-state index in [1.54, 1.807) is 48.5 Å². The lowest BCUT2D eigenvalue weighted by Crippen LogP contribution is -2.30. The van der Waals surface area contributed by atoms with Crippen LogP contribution >= 0.6 is 0 Å². The van der Waals surface area contributed by atoms with E-state index < -0.39 is 35.1 Å². The van der Waals surface area contributed by atoms with Gasteiger partial charge in [-0.15, -0.1) is 0 Å². The number of Topliss-reactive ketones (excluding diaryl/α,β-unsaturated/α-hetero) is 1. The number of imidazole rings is 1. The zero-order valence-corrected chi connectivity index (χ0v) is 16.4. The fourth-order valence-corrected chi connectivity index (χ4v) is 3.95. The van der Waals surface area contributed by atoms with E-state index in [1.165, 1.54) is 18.5 Å². The van der Waals surface area contributed by atoms with Crippen molar-refractivity contribution in [3.63, 3.8) is 0 Å². The van der Waals surface area contributed by atoms with Crippen LogP contribution in [-0.4, -0.2) is 26.8 Å². The number of nitrogens with one attached hydrogen (secondary N) is 1. The number of aliphatic hydroxyl groups is 1. The first-order valence-corrected chi connectivity index (χ1v) is 9.71. The van der Waals surface area contributed by atoms with Crippen LogP contribution < -0.4 is 4.90 Å². The molecule has 1 aliphatic heterocycles. The van der Waals surface area contributed by atoms with Crippen LogP contribution in [0.2, 0.25) is 0 Å². The number of anilines is 1. The third kappa shape index (κ3) is 2.96. The molecule has 5 rings (SSSR count). The Hall–Kier alpha value is -4.33. The van der Waals surface area contributed by atoms with Crippen LogP contribution in [0.15, 0.2) is 78.6 Å². The van der Waals surface area contributed by atoms with E-state index in [0.29, 0.717) is 11.0 Å². The number of nitrogens with zero attached hydrogens (tertiary/aromatic N) is 2. The maximum absolute atomic E-state index is 14.9. The van der Waals surface area contributed by atoms with Gasteiger partial charge in [-0.1, -0.05) is 42.5 Å². The molecule has 2 N–H and O–H groups in total. The smallest absolute Gasteiger partial charge is 0.300 e. The van der Waals surface area contributed by atoms with E-state index in [9.17, 15) is 23.5 Å². The van der Waals surface area contributed by atoms with Crippen LogP contribution in [0, 0.1) is 11.6 Å². The number of ketones is 1. The van der Waals surface area contributed by atoms with Gasteiger partial charge in [0.15, 0.2) is 11.6 Å². The number of carbonyl (C=O) groups is 2. The summed E-state index contributed by atoms with van der Waals surface area (Å²) in [6.45, 7) is 0. The number of carbonyl (C=O) groups excluding carboxylic acids is 2. The fourth-order valence-electron chi connectivity index (χ4n) is 3.95. The van der Waals surface area contributed by atoms with Gasteiger partial charge in [0.1, 0.15) is 5.76 Å². The number of halogens is 2. The van der Waals surface area contributed by atoms with Crippen LogP contribution in [-0.2, 0) is 9.59 Å². The number of aliphatic hydroxyl groups excluding tert-OH is 1. The van der Waals surface area contributed by atoms with Crippen molar-refractivity contribution in [2.45, 2.75) is 6.04 Å². The first-order chi connectivity index (χ1) is 15.5. The minimum atomic E-state index is -1.37. The summed E-state index contributed by atoms with van der Waals surface area (Å²) in [5.41, 5.74) is 1.19. The topological polar surface area (TPSA) is 86.3 Å². The van der Waals surface area contributed by atoms with Crippen LogP contribution in [0.25, 0.3) is 16.8 Å². The largest absolute Gasteiger partial charge is 0.507 e. The molecule has 1 saturated heterocycles. The average Bonchev–Trinajstić information content (AvgIpc) is 3.38. The highest BCUT2D eigenvalue weighted by Gasteiger charge is 2.48. The highest BCUT2D eigenvalue weighted by molar-refractivity contribution is 6.51. The molecule has 0 bridgehead atoms. The molecule has 6 nitrogen and oxygen atoms in total. The van der Waals surface area contributed by atoms with Crippen molar-refractivity contribution in [3.05, 3.63) is 101 Å². The predicted molar refractivity (Wildman–Crippen MR) is 114 cm³/mol. The molecule has 1 aliphatic rings. The lowest BCUT2D eigenvalue weighted by atomic mass is 9.94. The Morgan fingerprint density at radius 2 is 1.78 bits per heavy atom. The van der Waals surface area contributed by atoms with Gasteiger partial charge in [-0.25, -0.2) is 13.8 Å². The second kappa shape index (κ2) is 7.42. The average molecular weight is 431 g/mol. The number of amides is 1. The summed E-state index contributed by atoms with van der Waals surface area (Å²) in [6.07, 6.45) is 1.47. The third-order valence-electron chi connectivity index (χ3n) is 5.45. The van der Waals surface area contributed by atoms with Crippen molar-refractivity contribution < 1.29 is 23.5 Å². The third-order valence-corrected chi connectivity index (χ3v) is 5.45. The number of hydrogen-bond donors (Lipinski definition) is 2. The minimum absolute atomic E-state index is 0.244. The number of benzene rings is 3. The van der Waals surface area contributed by atoms with Crippen molar-refractivity contribution in [1.82, 2.24) is 9.97 Å². The molecule has 3 aromatic carbocycles. The van der Waals surface area contributed by atoms with Gasteiger partial charge in [-0.05, 0) is 24.3 Å². The van der Waals surface area contributed by atoms with E-state index in [4.69, 9.17) is 0 Å². The number of rotatable bonds is 3. The summed E-state index contributed by atoms with van der Waals surface area (Å²) in [6, 6.07) is 15.0. The number of fused-ring (bicyclic) bond motifs is 1. The van der Waals surface area contributed by atoms with E-state index in [0.717, 1.165) is 11.0 Å². The van der Waals surface area contributed by atoms with Crippen molar-refractivity contribution in [2.75, 3.05) is 4.90 Å². The molecule has 158 valence electrons. The summed E-state index contributed by atoms with van der Waals surface area (Å²) >= 11 is 0. The predicted octanol–water partition coefficient (Wildman–Crippen LogP) is 4.47. The molecule has 1 amide bonds. The van der Waals surface area contributed by atoms with Gasteiger partial charge in [-0.2, -0.15) is 0 Å². The molecule has 32 heavy (non-hydrogen) atoms. The molecule has 1 fully saturated rings. The molecule has 0 aliphatic carbocycles. The SMILES string of the molecule is O=C1C(=O)N(c2ccc3nc[nH]c3c2)C(c2cccc(F)c2F)/C1=C(\O)c1ccccc1. The van der Waals surface area contributed by atoms with Gasteiger partial charge in [0, 0.05) is 16.8 Å². The number of aromatic nitrogens is 2. The standard InChI is InChI=1S/C24H15F2N3O3/c25-16-8-4-7-15(20(16)26)21-19(22(30)13-5-2-1-3-6-13)23(31)24(32)29(21)14-9-10-17-18(11-14)28-12-27-17/h1-12,21,30H,(H,27,28)/b22-19+. The molecule has 0 radical (unpaired) electrons. The summed E-state index contributed by atoms with van der Waals surface area (Å²) < 4.78 is 29.0. The van der Waals surface area contributed by atoms with E-state index in [1.807, 2.05) is 0 Å². The molecule has 1 atom stereocenters. The molecule has 1 unspecified atom stereocenters. The number of aromatic amines is 1. The highest BCUT2D eigenvalue weighted by atomic mass is 19.2. The van der Waals surface area contributed by atoms with Gasteiger partial charge in [-0.3, -0.25) is 14.5 Å². The summed E-state index contributed by atoms with van der Waals surface area (Å²) in [5.74, 6) is -4.76. The Labute approximate surface area is 180 Å². The van der Waals surface area contributed by atoms with Crippen LogP contribution in [0.4, 0.5) is 14.5 Å². The first kappa shape index (κ1) is 19.6. The van der Waals surface area contributed by atoms with Gasteiger partial charge in [0.25, 0.3) is 11.7 Å². The second-order valence-corrected chi connectivity index (χ2v) is 7.28. The number of H-pyrrole nitrogens is 1. The van der Waals surface area contributed by atoms with Gasteiger partial charge in [0.05, 0.1) is 29.0 Å². The lowest BCUT2D eigenvalue weighted by Gasteiger charge is -2.25. The number of hydrogen-bond acceptors (Lipinski definition) is 4.